The molecule has 0 bridgehead atoms. The summed E-state index contributed by atoms with van der Waals surface area (Å²) in [6, 6.07) is 9.04. The topological polar surface area (TPSA) is 9.23 Å². The zero-order valence-corrected chi connectivity index (χ0v) is 11.3. The second kappa shape index (κ2) is 5.68. The third-order valence-corrected chi connectivity index (χ3v) is 4.25. The first-order valence-electron chi connectivity index (χ1n) is 6.83. The first-order chi connectivity index (χ1) is 8.20. The maximum Gasteiger partial charge on any atom is 0.0793 e. The first kappa shape index (κ1) is 12.6. The van der Waals surface area contributed by atoms with Gasteiger partial charge in [-0.3, -0.25) is 0 Å². The molecule has 0 unspecified atom stereocenters. The summed E-state index contributed by atoms with van der Waals surface area (Å²) >= 11 is 0. The van der Waals surface area contributed by atoms with Gasteiger partial charge in [-0.05, 0) is 42.7 Å². The average molecular weight is 232 g/mol. The molecular weight excluding hydrogens is 208 g/mol. The van der Waals surface area contributed by atoms with Crippen LogP contribution in [0.3, 0.4) is 0 Å². The lowest BCUT2D eigenvalue weighted by atomic mass is 9.79. The van der Waals surface area contributed by atoms with Gasteiger partial charge in [0.15, 0.2) is 0 Å². The van der Waals surface area contributed by atoms with Crippen molar-refractivity contribution < 1.29 is 4.74 Å². The Morgan fingerprint density at radius 3 is 2.18 bits per heavy atom. The van der Waals surface area contributed by atoms with E-state index in [4.69, 9.17) is 4.74 Å². The molecule has 0 radical (unpaired) electrons. The molecular formula is C16H24O. The summed E-state index contributed by atoms with van der Waals surface area (Å²) in [4.78, 5) is 0. The molecule has 0 saturated heterocycles. The van der Waals surface area contributed by atoms with Gasteiger partial charge >= 0.3 is 0 Å². The van der Waals surface area contributed by atoms with Crippen LogP contribution < -0.4 is 0 Å². The van der Waals surface area contributed by atoms with E-state index in [1.807, 2.05) is 0 Å². The molecule has 1 nitrogen and oxygen atoms in total. The van der Waals surface area contributed by atoms with Crippen molar-refractivity contribution >= 4 is 0 Å². The Morgan fingerprint density at radius 2 is 1.65 bits per heavy atom. The molecule has 1 heteroatoms. The lowest BCUT2D eigenvalue weighted by molar-refractivity contribution is 0.119. The fraction of sp³-hybridized carbons (Fsp3) is 0.625. The van der Waals surface area contributed by atoms with Crippen molar-refractivity contribution in [1.82, 2.24) is 0 Å². The predicted octanol–water partition coefficient (Wildman–Crippen LogP) is 4.69. The summed E-state index contributed by atoms with van der Waals surface area (Å²) in [5.41, 5.74) is 2.80. The highest BCUT2D eigenvalue weighted by atomic mass is 16.5. The summed E-state index contributed by atoms with van der Waals surface area (Å²) in [5, 5.41) is 0. The number of methoxy groups -OCH3 is 1. The molecule has 1 aromatic rings. The molecule has 1 aliphatic rings. The van der Waals surface area contributed by atoms with Crippen LogP contribution in [0.15, 0.2) is 24.3 Å². The van der Waals surface area contributed by atoms with Crippen molar-refractivity contribution in [1.29, 1.82) is 0 Å². The van der Waals surface area contributed by atoms with E-state index in [1.54, 1.807) is 7.11 Å². The summed E-state index contributed by atoms with van der Waals surface area (Å²) in [5.74, 6) is 1.72. The van der Waals surface area contributed by atoms with Crippen molar-refractivity contribution in [2.75, 3.05) is 7.11 Å². The number of ether oxygens (including phenoxy) is 1. The lowest BCUT2D eigenvalue weighted by Gasteiger charge is -2.26. The molecule has 0 spiro atoms. The molecule has 0 aliphatic heterocycles. The van der Waals surface area contributed by atoms with Crippen molar-refractivity contribution in [2.24, 2.45) is 5.92 Å². The van der Waals surface area contributed by atoms with Crippen molar-refractivity contribution in [3.05, 3.63) is 35.4 Å². The molecule has 0 N–H and O–H groups in total. The molecule has 0 aromatic heterocycles. The van der Waals surface area contributed by atoms with Gasteiger partial charge in [0.05, 0.1) is 6.10 Å². The molecule has 1 aromatic carbocycles. The molecule has 0 heterocycles. The van der Waals surface area contributed by atoms with E-state index in [0.717, 1.165) is 11.8 Å². The van der Waals surface area contributed by atoms with Gasteiger partial charge in [-0.15, -0.1) is 0 Å². The minimum absolute atomic E-state index is 0.204. The minimum Gasteiger partial charge on any atom is -0.377 e. The molecule has 1 atom stereocenters. The van der Waals surface area contributed by atoms with Gasteiger partial charge in [0.25, 0.3) is 0 Å². The SMILES string of the molecule is CO[C@@H](C)c1ccc(C2CCC(C)CC2)cc1. The zero-order chi connectivity index (χ0) is 12.3. The molecule has 2 rings (SSSR count). The largest absolute Gasteiger partial charge is 0.377 e. The first-order valence-corrected chi connectivity index (χ1v) is 6.83. The maximum absolute atomic E-state index is 5.34. The fourth-order valence-electron chi connectivity index (χ4n) is 2.77. The third-order valence-electron chi connectivity index (χ3n) is 4.25. The fourth-order valence-corrected chi connectivity index (χ4v) is 2.77. The Bertz CT molecular complexity index is 333. The van der Waals surface area contributed by atoms with Gasteiger partial charge in [0.2, 0.25) is 0 Å². The van der Waals surface area contributed by atoms with Crippen molar-refractivity contribution in [3.63, 3.8) is 0 Å². The van der Waals surface area contributed by atoms with E-state index < -0.39 is 0 Å². The predicted molar refractivity (Wildman–Crippen MR) is 72.2 cm³/mol. The van der Waals surface area contributed by atoms with E-state index in [0.29, 0.717) is 0 Å². The van der Waals surface area contributed by atoms with Crippen LogP contribution in [0.4, 0.5) is 0 Å². The van der Waals surface area contributed by atoms with Crippen LogP contribution in [0.1, 0.15) is 62.7 Å². The normalized spacial score (nSPS) is 26.8. The van der Waals surface area contributed by atoms with E-state index >= 15 is 0 Å². The summed E-state index contributed by atoms with van der Waals surface area (Å²) < 4.78 is 5.34. The summed E-state index contributed by atoms with van der Waals surface area (Å²) in [6.07, 6.45) is 5.71. The second-order valence-corrected chi connectivity index (χ2v) is 5.50. The van der Waals surface area contributed by atoms with Crippen molar-refractivity contribution in [2.45, 2.75) is 51.6 Å². The minimum atomic E-state index is 0.204. The van der Waals surface area contributed by atoms with Crippen LogP contribution in [-0.4, -0.2) is 7.11 Å². The third kappa shape index (κ3) is 3.10. The van der Waals surface area contributed by atoms with E-state index in [9.17, 15) is 0 Å². The number of hydrogen-bond donors (Lipinski definition) is 0. The Kier molecular flexibility index (Phi) is 4.22. The van der Waals surface area contributed by atoms with E-state index in [2.05, 4.69) is 38.1 Å². The monoisotopic (exact) mass is 232 g/mol. The highest BCUT2D eigenvalue weighted by molar-refractivity contribution is 5.27. The molecule has 1 saturated carbocycles. The van der Waals surface area contributed by atoms with Crippen LogP contribution in [-0.2, 0) is 4.74 Å². The Hall–Kier alpha value is -0.820. The summed E-state index contributed by atoms with van der Waals surface area (Å²) in [6.45, 7) is 4.47. The van der Waals surface area contributed by atoms with Crippen molar-refractivity contribution in [3.8, 4) is 0 Å². The number of rotatable bonds is 3. The van der Waals surface area contributed by atoms with Gasteiger partial charge in [-0.25, -0.2) is 0 Å². The smallest absolute Gasteiger partial charge is 0.0793 e. The highest BCUT2D eigenvalue weighted by Crippen LogP contribution is 2.35. The van der Waals surface area contributed by atoms with Crippen LogP contribution in [0.5, 0.6) is 0 Å². The maximum atomic E-state index is 5.34. The van der Waals surface area contributed by atoms with E-state index in [1.165, 1.54) is 36.8 Å². The Morgan fingerprint density at radius 1 is 1.06 bits per heavy atom. The molecule has 1 aliphatic carbocycles. The molecule has 1 fully saturated rings. The zero-order valence-electron chi connectivity index (χ0n) is 11.3. The molecule has 17 heavy (non-hydrogen) atoms. The van der Waals surface area contributed by atoms with Crippen LogP contribution in [0.25, 0.3) is 0 Å². The highest BCUT2D eigenvalue weighted by Gasteiger charge is 2.19. The van der Waals surface area contributed by atoms with Gasteiger partial charge in [0.1, 0.15) is 0 Å². The Balaban J connectivity index is 2.02. The second-order valence-electron chi connectivity index (χ2n) is 5.50. The van der Waals surface area contributed by atoms with Gasteiger partial charge in [-0.1, -0.05) is 44.0 Å². The molecule has 0 amide bonds. The van der Waals surface area contributed by atoms with Gasteiger partial charge in [0, 0.05) is 7.11 Å². The number of hydrogen-bond acceptors (Lipinski definition) is 1. The Labute approximate surface area is 105 Å². The molecule has 94 valence electrons. The van der Waals surface area contributed by atoms with Gasteiger partial charge in [-0.2, -0.15) is 0 Å². The standard InChI is InChI=1S/C16H24O/c1-12-4-6-15(7-5-12)16-10-8-14(9-11-16)13(2)17-3/h8-13,15H,4-7H2,1-3H3/t12?,13-,15?/m0/s1. The van der Waals surface area contributed by atoms with Crippen LogP contribution in [0.2, 0.25) is 0 Å². The average Bonchev–Trinajstić information content (AvgIpc) is 2.39. The summed E-state index contributed by atoms with van der Waals surface area (Å²) in [7, 11) is 1.76. The number of benzene rings is 1. The lowest BCUT2D eigenvalue weighted by Crippen LogP contribution is -2.10. The van der Waals surface area contributed by atoms with Gasteiger partial charge < -0.3 is 4.74 Å². The van der Waals surface area contributed by atoms with E-state index in [-0.39, 0.29) is 6.10 Å². The van der Waals surface area contributed by atoms with Crippen LogP contribution in [0, 0.1) is 5.92 Å². The quantitative estimate of drug-likeness (QED) is 0.734. The van der Waals surface area contributed by atoms with Crippen LogP contribution >= 0.6 is 0 Å².